The number of imidazole rings is 1. The Kier molecular flexibility index (Phi) is 5.00. The quantitative estimate of drug-likeness (QED) is 0.401. The predicted molar refractivity (Wildman–Crippen MR) is 124 cm³/mol. The van der Waals surface area contributed by atoms with Crippen molar-refractivity contribution in [2.24, 2.45) is 0 Å². The Morgan fingerprint density at radius 3 is 2.42 bits per heavy atom. The van der Waals surface area contributed by atoms with E-state index < -0.39 is 0 Å². The Morgan fingerprint density at radius 2 is 1.61 bits per heavy atom. The molecule has 0 unspecified atom stereocenters. The molecular formula is C26H23N5. The van der Waals surface area contributed by atoms with Crippen LogP contribution in [0.15, 0.2) is 79.1 Å². The number of hydrogen-bond donors (Lipinski definition) is 1. The maximum absolute atomic E-state index is 4.99. The fraction of sp³-hybridized carbons (Fsp3) is 0.154. The van der Waals surface area contributed by atoms with Gasteiger partial charge in [-0.2, -0.15) is 0 Å². The first-order valence-corrected chi connectivity index (χ1v) is 10.5. The highest BCUT2D eigenvalue weighted by Gasteiger charge is 2.17. The summed E-state index contributed by atoms with van der Waals surface area (Å²) in [6, 6.07) is 22.6. The van der Waals surface area contributed by atoms with E-state index in [1.165, 1.54) is 5.56 Å². The zero-order chi connectivity index (χ0) is 21.2. The Balaban J connectivity index is 1.65. The standard InChI is InChI=1S/C26H23N5/c1-17(2)20-9-6-10-22(29-20)26-25(19-11-12-21-23(16-19)28-14-13-27-21)30-24(31-26)15-18-7-4-3-5-8-18/h3-14,16-17H,15H2,1-2H3,(H,30,31). The van der Waals surface area contributed by atoms with Gasteiger partial charge in [0.1, 0.15) is 5.82 Å². The van der Waals surface area contributed by atoms with Crippen LogP contribution in [0.4, 0.5) is 0 Å². The molecule has 0 aliphatic rings. The van der Waals surface area contributed by atoms with Gasteiger partial charge in [0.05, 0.1) is 28.1 Å². The summed E-state index contributed by atoms with van der Waals surface area (Å²) in [5, 5.41) is 0. The molecule has 2 aromatic carbocycles. The third-order valence-corrected chi connectivity index (χ3v) is 5.33. The number of rotatable bonds is 5. The Bertz CT molecular complexity index is 1340. The van der Waals surface area contributed by atoms with Crippen molar-refractivity contribution in [2.45, 2.75) is 26.2 Å². The molecule has 0 atom stereocenters. The molecule has 0 spiro atoms. The largest absolute Gasteiger partial charge is 0.340 e. The zero-order valence-corrected chi connectivity index (χ0v) is 17.6. The summed E-state index contributed by atoms with van der Waals surface area (Å²) in [5.41, 5.74) is 7.69. The van der Waals surface area contributed by atoms with E-state index in [4.69, 9.17) is 9.97 Å². The van der Waals surface area contributed by atoms with Gasteiger partial charge in [-0.25, -0.2) is 4.98 Å². The van der Waals surface area contributed by atoms with Crippen molar-refractivity contribution in [3.05, 3.63) is 96.2 Å². The fourth-order valence-corrected chi connectivity index (χ4v) is 3.71. The molecule has 5 aromatic rings. The topological polar surface area (TPSA) is 67.3 Å². The molecule has 3 heterocycles. The van der Waals surface area contributed by atoms with Gasteiger partial charge in [0.2, 0.25) is 0 Å². The number of aromatic amines is 1. The Labute approximate surface area is 181 Å². The maximum Gasteiger partial charge on any atom is 0.111 e. The predicted octanol–water partition coefficient (Wildman–Crippen LogP) is 5.80. The molecule has 5 rings (SSSR count). The summed E-state index contributed by atoms with van der Waals surface area (Å²) in [6.45, 7) is 4.31. The van der Waals surface area contributed by atoms with Crippen molar-refractivity contribution in [3.63, 3.8) is 0 Å². The summed E-state index contributed by atoms with van der Waals surface area (Å²) in [4.78, 5) is 22.3. The average molecular weight is 406 g/mol. The molecule has 152 valence electrons. The first-order chi connectivity index (χ1) is 15.2. The van der Waals surface area contributed by atoms with Crippen LogP contribution in [0.1, 0.15) is 36.8 Å². The normalized spacial score (nSPS) is 11.3. The molecule has 0 bridgehead atoms. The summed E-state index contributed by atoms with van der Waals surface area (Å²) in [7, 11) is 0. The van der Waals surface area contributed by atoms with Crippen molar-refractivity contribution in [1.29, 1.82) is 0 Å². The lowest BCUT2D eigenvalue weighted by atomic mass is 10.1. The van der Waals surface area contributed by atoms with Gasteiger partial charge in [0.15, 0.2) is 0 Å². The maximum atomic E-state index is 4.99. The summed E-state index contributed by atoms with van der Waals surface area (Å²) >= 11 is 0. The highest BCUT2D eigenvalue weighted by molar-refractivity contribution is 5.84. The van der Waals surface area contributed by atoms with Crippen LogP contribution < -0.4 is 0 Å². The first-order valence-electron chi connectivity index (χ1n) is 10.5. The van der Waals surface area contributed by atoms with Gasteiger partial charge in [-0.15, -0.1) is 0 Å². The second-order valence-electron chi connectivity index (χ2n) is 7.93. The third kappa shape index (κ3) is 3.94. The average Bonchev–Trinajstić information content (AvgIpc) is 3.23. The lowest BCUT2D eigenvalue weighted by Gasteiger charge is -2.08. The van der Waals surface area contributed by atoms with E-state index >= 15 is 0 Å². The third-order valence-electron chi connectivity index (χ3n) is 5.33. The molecule has 0 aliphatic carbocycles. The number of pyridine rings is 1. The molecule has 1 N–H and O–H groups in total. The van der Waals surface area contributed by atoms with E-state index in [1.807, 2.05) is 24.3 Å². The molecule has 0 saturated heterocycles. The second kappa shape index (κ2) is 8.11. The molecule has 0 aliphatic heterocycles. The van der Waals surface area contributed by atoms with Crippen molar-refractivity contribution in [1.82, 2.24) is 24.9 Å². The van der Waals surface area contributed by atoms with E-state index in [1.54, 1.807) is 12.4 Å². The van der Waals surface area contributed by atoms with Gasteiger partial charge in [0.25, 0.3) is 0 Å². The molecule has 0 amide bonds. The highest BCUT2D eigenvalue weighted by Crippen LogP contribution is 2.31. The van der Waals surface area contributed by atoms with E-state index in [0.29, 0.717) is 5.92 Å². The van der Waals surface area contributed by atoms with Gasteiger partial charge in [-0.05, 0) is 35.7 Å². The van der Waals surface area contributed by atoms with Gasteiger partial charge in [-0.3, -0.25) is 15.0 Å². The zero-order valence-electron chi connectivity index (χ0n) is 17.6. The van der Waals surface area contributed by atoms with Crippen LogP contribution in [0.3, 0.4) is 0 Å². The van der Waals surface area contributed by atoms with Gasteiger partial charge in [0, 0.05) is 30.1 Å². The van der Waals surface area contributed by atoms with Crippen LogP contribution in [-0.4, -0.2) is 24.9 Å². The molecule has 0 radical (unpaired) electrons. The second-order valence-corrected chi connectivity index (χ2v) is 7.93. The lowest BCUT2D eigenvalue weighted by molar-refractivity contribution is 0.824. The van der Waals surface area contributed by atoms with Crippen LogP contribution in [0.2, 0.25) is 0 Å². The SMILES string of the molecule is CC(C)c1cccc(-c2[nH]c(Cc3ccccc3)nc2-c2ccc3nccnc3c2)n1. The fourth-order valence-electron chi connectivity index (χ4n) is 3.71. The monoisotopic (exact) mass is 405 g/mol. The molecular weight excluding hydrogens is 382 g/mol. The number of H-pyrrole nitrogens is 1. The molecule has 5 nitrogen and oxygen atoms in total. The van der Waals surface area contributed by atoms with E-state index in [-0.39, 0.29) is 0 Å². The molecule has 0 fully saturated rings. The van der Waals surface area contributed by atoms with Crippen LogP contribution >= 0.6 is 0 Å². The van der Waals surface area contributed by atoms with Crippen LogP contribution in [0.5, 0.6) is 0 Å². The van der Waals surface area contributed by atoms with Crippen molar-refractivity contribution in [2.75, 3.05) is 0 Å². The Hall–Kier alpha value is -3.86. The van der Waals surface area contributed by atoms with Gasteiger partial charge in [-0.1, -0.05) is 56.3 Å². The molecule has 3 aromatic heterocycles. The summed E-state index contributed by atoms with van der Waals surface area (Å²) in [6.07, 6.45) is 4.15. The van der Waals surface area contributed by atoms with E-state index in [9.17, 15) is 0 Å². The van der Waals surface area contributed by atoms with E-state index in [2.05, 4.69) is 71.3 Å². The van der Waals surface area contributed by atoms with Crippen molar-refractivity contribution in [3.8, 4) is 22.6 Å². The number of nitrogens with zero attached hydrogens (tertiary/aromatic N) is 4. The number of aromatic nitrogens is 5. The smallest absolute Gasteiger partial charge is 0.111 e. The van der Waals surface area contributed by atoms with Gasteiger partial charge < -0.3 is 4.98 Å². The number of nitrogens with one attached hydrogen (secondary N) is 1. The number of hydrogen-bond acceptors (Lipinski definition) is 4. The summed E-state index contributed by atoms with van der Waals surface area (Å²) < 4.78 is 0. The minimum atomic E-state index is 0.353. The number of benzene rings is 2. The Morgan fingerprint density at radius 1 is 0.806 bits per heavy atom. The highest BCUT2D eigenvalue weighted by atomic mass is 15.0. The molecule has 0 saturated carbocycles. The minimum absolute atomic E-state index is 0.353. The number of fused-ring (bicyclic) bond motifs is 1. The minimum Gasteiger partial charge on any atom is -0.340 e. The van der Waals surface area contributed by atoms with Gasteiger partial charge >= 0.3 is 0 Å². The van der Waals surface area contributed by atoms with Crippen LogP contribution in [-0.2, 0) is 6.42 Å². The molecule has 31 heavy (non-hydrogen) atoms. The summed E-state index contributed by atoms with van der Waals surface area (Å²) in [5.74, 6) is 1.26. The van der Waals surface area contributed by atoms with Crippen LogP contribution in [0.25, 0.3) is 33.7 Å². The van der Waals surface area contributed by atoms with Crippen molar-refractivity contribution < 1.29 is 0 Å². The first kappa shape index (κ1) is 19.1. The lowest BCUT2D eigenvalue weighted by Crippen LogP contribution is -1.95. The van der Waals surface area contributed by atoms with Crippen molar-refractivity contribution >= 4 is 11.0 Å². The molecule has 5 heteroatoms. The van der Waals surface area contributed by atoms with Crippen LogP contribution in [0, 0.1) is 0 Å². The van der Waals surface area contributed by atoms with E-state index in [0.717, 1.165) is 51.6 Å².